The molecule has 6 heteroatoms. The number of aliphatic imine (C=N–C) groups is 1. The molecule has 2 heterocycles. The molecule has 0 spiro atoms. The molecule has 0 saturated carbocycles. The Morgan fingerprint density at radius 2 is 2.16 bits per heavy atom. The summed E-state index contributed by atoms with van der Waals surface area (Å²) in [6.07, 6.45) is 3.36. The Bertz CT molecular complexity index is 604. The minimum absolute atomic E-state index is 0.327. The van der Waals surface area contributed by atoms with E-state index in [0.29, 0.717) is 28.9 Å². The average molecular weight is 279 g/mol. The van der Waals surface area contributed by atoms with Crippen LogP contribution in [0.3, 0.4) is 0 Å². The largest absolute Gasteiger partial charge is 0.314 e. The normalized spacial score (nSPS) is 26.3. The van der Waals surface area contributed by atoms with Crippen LogP contribution in [0.5, 0.6) is 0 Å². The van der Waals surface area contributed by atoms with E-state index < -0.39 is 10.0 Å². The molecule has 1 fully saturated rings. The maximum Gasteiger partial charge on any atom is 0.263 e. The van der Waals surface area contributed by atoms with Gasteiger partial charge in [0.25, 0.3) is 10.0 Å². The first-order chi connectivity index (χ1) is 9.17. The highest BCUT2D eigenvalue weighted by Crippen LogP contribution is 2.22. The van der Waals surface area contributed by atoms with Gasteiger partial charge < -0.3 is 5.32 Å². The van der Waals surface area contributed by atoms with Crippen LogP contribution in [-0.4, -0.2) is 33.4 Å². The van der Waals surface area contributed by atoms with Crippen molar-refractivity contribution in [2.24, 2.45) is 4.99 Å². The van der Waals surface area contributed by atoms with E-state index in [2.05, 4.69) is 15.0 Å². The van der Waals surface area contributed by atoms with Gasteiger partial charge in [0.15, 0.2) is 0 Å². The third kappa shape index (κ3) is 2.50. The van der Waals surface area contributed by atoms with Crippen molar-refractivity contribution < 1.29 is 8.42 Å². The molecule has 5 nitrogen and oxygen atoms in total. The van der Waals surface area contributed by atoms with E-state index >= 15 is 0 Å². The van der Waals surface area contributed by atoms with Crippen LogP contribution < -0.4 is 10.0 Å². The number of nitrogens with zero attached hydrogens (tertiary/aromatic N) is 1. The van der Waals surface area contributed by atoms with E-state index in [9.17, 15) is 8.42 Å². The van der Waals surface area contributed by atoms with Gasteiger partial charge >= 0.3 is 0 Å². The highest BCUT2D eigenvalue weighted by atomic mass is 32.2. The molecule has 1 saturated heterocycles. The van der Waals surface area contributed by atoms with Crippen LogP contribution >= 0.6 is 0 Å². The van der Waals surface area contributed by atoms with E-state index in [-0.39, 0.29) is 0 Å². The van der Waals surface area contributed by atoms with Crippen molar-refractivity contribution in [2.45, 2.75) is 30.2 Å². The topological polar surface area (TPSA) is 70.6 Å². The standard InChI is InChI=1S/C13H17N3O2S/c17-19(18)12-6-2-1-5-11(12)13(16-19)15-9-7-10-4-3-8-14-10/h1-2,5-6,10,14H,3-4,7-9H2,(H,15,16)/t10-/m0/s1. The third-order valence-electron chi connectivity index (χ3n) is 3.57. The molecule has 19 heavy (non-hydrogen) atoms. The van der Waals surface area contributed by atoms with E-state index in [1.54, 1.807) is 18.2 Å². The first-order valence-corrected chi connectivity index (χ1v) is 8.05. The number of benzene rings is 1. The lowest BCUT2D eigenvalue weighted by Gasteiger charge is -2.07. The molecule has 1 aromatic carbocycles. The second-order valence-corrected chi connectivity index (χ2v) is 6.56. The molecule has 0 aliphatic carbocycles. The predicted octanol–water partition coefficient (Wildman–Crippen LogP) is 0.867. The Morgan fingerprint density at radius 3 is 2.95 bits per heavy atom. The van der Waals surface area contributed by atoms with Crippen molar-refractivity contribution in [1.29, 1.82) is 0 Å². The van der Waals surface area contributed by atoms with Crippen molar-refractivity contribution in [3.8, 4) is 0 Å². The van der Waals surface area contributed by atoms with Gasteiger partial charge in [0.05, 0.1) is 4.90 Å². The summed E-state index contributed by atoms with van der Waals surface area (Å²) in [4.78, 5) is 4.74. The molecule has 3 rings (SSSR count). The van der Waals surface area contributed by atoms with Gasteiger partial charge in [-0.05, 0) is 37.9 Å². The lowest BCUT2D eigenvalue weighted by Crippen LogP contribution is -2.24. The summed E-state index contributed by atoms with van der Waals surface area (Å²) < 4.78 is 26.3. The zero-order chi connectivity index (χ0) is 13.3. The van der Waals surface area contributed by atoms with Gasteiger partial charge in [-0.25, -0.2) is 8.42 Å². The van der Waals surface area contributed by atoms with Crippen LogP contribution in [0.25, 0.3) is 0 Å². The molecular weight excluding hydrogens is 262 g/mol. The fourth-order valence-corrected chi connectivity index (χ4v) is 3.84. The molecule has 0 unspecified atom stereocenters. The molecule has 1 atom stereocenters. The average Bonchev–Trinajstić information content (AvgIpc) is 2.98. The van der Waals surface area contributed by atoms with E-state index in [1.807, 2.05) is 6.07 Å². The van der Waals surface area contributed by atoms with Crippen molar-refractivity contribution >= 4 is 15.9 Å². The van der Waals surface area contributed by atoms with Crippen molar-refractivity contribution in [2.75, 3.05) is 13.1 Å². The second-order valence-electron chi connectivity index (χ2n) is 4.91. The Kier molecular flexibility index (Phi) is 3.28. The van der Waals surface area contributed by atoms with Gasteiger partial charge in [-0.1, -0.05) is 12.1 Å². The van der Waals surface area contributed by atoms with Crippen LogP contribution in [0.1, 0.15) is 24.8 Å². The van der Waals surface area contributed by atoms with Crippen molar-refractivity contribution in [3.05, 3.63) is 29.8 Å². The summed E-state index contributed by atoms with van der Waals surface area (Å²) in [5, 5.41) is 3.41. The van der Waals surface area contributed by atoms with Gasteiger partial charge in [0.1, 0.15) is 5.84 Å². The molecule has 102 valence electrons. The summed E-state index contributed by atoms with van der Waals surface area (Å²) in [7, 11) is -3.40. The first-order valence-electron chi connectivity index (χ1n) is 6.57. The van der Waals surface area contributed by atoms with Gasteiger partial charge in [0, 0.05) is 18.2 Å². The maximum absolute atomic E-state index is 11.9. The third-order valence-corrected chi connectivity index (χ3v) is 4.97. The SMILES string of the molecule is O=S1(=O)NC(=NCC[C@@H]2CCCN2)c2ccccc21. The summed E-state index contributed by atoms with van der Waals surface area (Å²) in [5.41, 5.74) is 0.682. The van der Waals surface area contributed by atoms with Gasteiger partial charge in [-0.2, -0.15) is 0 Å². The Hall–Kier alpha value is -1.40. The lowest BCUT2D eigenvalue weighted by molar-refractivity contribution is 0.567. The van der Waals surface area contributed by atoms with Crippen LogP contribution in [0, 0.1) is 0 Å². The monoisotopic (exact) mass is 279 g/mol. The minimum atomic E-state index is -3.40. The summed E-state index contributed by atoms with van der Waals surface area (Å²) >= 11 is 0. The van der Waals surface area contributed by atoms with Crippen LogP contribution in [-0.2, 0) is 10.0 Å². The Balaban J connectivity index is 1.75. The highest BCUT2D eigenvalue weighted by molar-refractivity contribution is 7.90. The molecule has 2 aliphatic rings. The predicted molar refractivity (Wildman–Crippen MR) is 73.8 cm³/mol. The summed E-state index contributed by atoms with van der Waals surface area (Å²) in [6.45, 7) is 1.72. The summed E-state index contributed by atoms with van der Waals surface area (Å²) in [5.74, 6) is 0.480. The molecule has 2 aliphatic heterocycles. The highest BCUT2D eigenvalue weighted by Gasteiger charge is 2.29. The van der Waals surface area contributed by atoms with Crippen LogP contribution in [0.2, 0.25) is 0 Å². The van der Waals surface area contributed by atoms with Gasteiger partial charge in [0.2, 0.25) is 0 Å². The molecule has 0 radical (unpaired) electrons. The number of sulfonamides is 1. The number of rotatable bonds is 3. The molecule has 0 amide bonds. The maximum atomic E-state index is 11.9. The first kappa shape index (κ1) is 12.6. The quantitative estimate of drug-likeness (QED) is 0.862. The molecule has 0 bridgehead atoms. The van der Waals surface area contributed by atoms with E-state index in [4.69, 9.17) is 0 Å². The number of nitrogens with one attached hydrogen (secondary N) is 2. The zero-order valence-corrected chi connectivity index (χ0v) is 11.4. The minimum Gasteiger partial charge on any atom is -0.314 e. The number of hydrogen-bond donors (Lipinski definition) is 2. The van der Waals surface area contributed by atoms with Gasteiger partial charge in [-0.3, -0.25) is 9.71 Å². The molecule has 0 aromatic heterocycles. The molecule has 1 aromatic rings. The lowest BCUT2D eigenvalue weighted by atomic mass is 10.1. The molecular formula is C13H17N3O2S. The summed E-state index contributed by atoms with van der Waals surface area (Å²) in [6, 6.07) is 7.48. The van der Waals surface area contributed by atoms with Crippen LogP contribution in [0.4, 0.5) is 0 Å². The fraction of sp³-hybridized carbons (Fsp3) is 0.462. The van der Waals surface area contributed by atoms with E-state index in [1.165, 1.54) is 12.8 Å². The Morgan fingerprint density at radius 1 is 1.32 bits per heavy atom. The van der Waals surface area contributed by atoms with Crippen LogP contribution in [0.15, 0.2) is 34.2 Å². The molecule has 2 N–H and O–H groups in total. The Labute approximate surface area is 113 Å². The number of amidine groups is 1. The smallest absolute Gasteiger partial charge is 0.263 e. The zero-order valence-electron chi connectivity index (χ0n) is 10.6. The second kappa shape index (κ2) is 4.94. The number of hydrogen-bond acceptors (Lipinski definition) is 4. The number of fused-ring (bicyclic) bond motifs is 1. The van der Waals surface area contributed by atoms with Crippen molar-refractivity contribution in [3.63, 3.8) is 0 Å². The van der Waals surface area contributed by atoms with Crippen molar-refractivity contribution in [1.82, 2.24) is 10.0 Å². The fourth-order valence-electron chi connectivity index (χ4n) is 2.59. The van der Waals surface area contributed by atoms with E-state index in [0.717, 1.165) is 13.0 Å². The van der Waals surface area contributed by atoms with Gasteiger partial charge in [-0.15, -0.1) is 0 Å².